The summed E-state index contributed by atoms with van der Waals surface area (Å²) in [5.41, 5.74) is 0.0999. The summed E-state index contributed by atoms with van der Waals surface area (Å²) in [5.74, 6) is -0.650. The van der Waals surface area contributed by atoms with Crippen LogP contribution < -0.4 is 15.6 Å². The van der Waals surface area contributed by atoms with Gasteiger partial charge in [0, 0.05) is 37.5 Å². The summed E-state index contributed by atoms with van der Waals surface area (Å²) in [6.07, 6.45) is 3.41. The van der Waals surface area contributed by atoms with Crippen LogP contribution in [0.5, 0.6) is 5.75 Å². The number of nitrogens with one attached hydrogen (secondary N) is 1. The Kier molecular flexibility index (Phi) is 5.14. The Bertz CT molecular complexity index is 828. The molecule has 6 nitrogen and oxygen atoms in total. The number of carbonyl (C=O) groups excluding carboxylic acids is 1. The largest absolute Gasteiger partial charge is 0.489 e. The van der Waals surface area contributed by atoms with Crippen LogP contribution in [0.1, 0.15) is 23.2 Å². The zero-order valence-corrected chi connectivity index (χ0v) is 13.8. The van der Waals surface area contributed by atoms with Crippen molar-refractivity contribution in [2.75, 3.05) is 18.5 Å². The predicted octanol–water partition coefficient (Wildman–Crippen LogP) is 2.33. The molecule has 25 heavy (non-hydrogen) atoms. The van der Waals surface area contributed by atoms with Crippen LogP contribution in [-0.4, -0.2) is 29.8 Å². The second-order valence-corrected chi connectivity index (χ2v) is 5.91. The fraction of sp³-hybridized carbons (Fsp3) is 0.333. The van der Waals surface area contributed by atoms with Crippen LogP contribution in [0.3, 0.4) is 0 Å². The van der Waals surface area contributed by atoms with Gasteiger partial charge in [-0.05, 0) is 31.0 Å². The van der Waals surface area contributed by atoms with E-state index in [1.165, 1.54) is 41.1 Å². The summed E-state index contributed by atoms with van der Waals surface area (Å²) in [5, 5.41) is 2.60. The first-order valence-corrected chi connectivity index (χ1v) is 8.05. The molecule has 2 heterocycles. The number of halogens is 1. The topological polar surface area (TPSA) is 69.6 Å². The molecular weight excluding hydrogens is 327 g/mol. The normalized spacial score (nSPS) is 16.6. The molecule has 7 heteroatoms. The van der Waals surface area contributed by atoms with Gasteiger partial charge in [-0.1, -0.05) is 0 Å². The molecule has 3 rings (SSSR count). The summed E-state index contributed by atoms with van der Waals surface area (Å²) in [4.78, 5) is 24.0. The van der Waals surface area contributed by atoms with Gasteiger partial charge in [-0.2, -0.15) is 0 Å². The van der Waals surface area contributed by atoms with Gasteiger partial charge < -0.3 is 19.4 Å². The predicted molar refractivity (Wildman–Crippen MR) is 90.5 cm³/mol. The molecule has 1 atom stereocenters. The quantitative estimate of drug-likeness (QED) is 0.902. The zero-order valence-electron chi connectivity index (χ0n) is 13.8. The highest BCUT2D eigenvalue weighted by atomic mass is 19.1. The fourth-order valence-corrected chi connectivity index (χ4v) is 2.57. The van der Waals surface area contributed by atoms with Gasteiger partial charge in [-0.3, -0.25) is 9.59 Å². The van der Waals surface area contributed by atoms with E-state index in [1.54, 1.807) is 7.05 Å². The second kappa shape index (κ2) is 7.48. The summed E-state index contributed by atoms with van der Waals surface area (Å²) >= 11 is 0. The molecule has 0 saturated carbocycles. The van der Waals surface area contributed by atoms with Crippen LogP contribution in [0.25, 0.3) is 0 Å². The summed E-state index contributed by atoms with van der Waals surface area (Å²) < 4.78 is 26.1. The number of nitrogens with zero attached hydrogens (tertiary/aromatic N) is 1. The lowest BCUT2D eigenvalue weighted by Gasteiger charge is -2.15. The van der Waals surface area contributed by atoms with Crippen LogP contribution in [0.4, 0.5) is 10.1 Å². The van der Waals surface area contributed by atoms with Gasteiger partial charge in [0.2, 0.25) is 0 Å². The number of amides is 1. The Balaban J connectivity index is 1.75. The molecule has 1 aromatic heterocycles. The average molecular weight is 346 g/mol. The highest BCUT2D eigenvalue weighted by molar-refractivity contribution is 6.04. The Hall–Kier alpha value is -2.67. The molecule has 1 aliphatic rings. The van der Waals surface area contributed by atoms with Gasteiger partial charge in [0.25, 0.3) is 11.5 Å². The van der Waals surface area contributed by atoms with Crippen molar-refractivity contribution >= 4 is 11.6 Å². The van der Waals surface area contributed by atoms with E-state index in [1.807, 2.05) is 0 Å². The van der Waals surface area contributed by atoms with Crippen LogP contribution in [0.15, 0.2) is 41.3 Å². The van der Waals surface area contributed by atoms with E-state index in [4.69, 9.17) is 9.47 Å². The molecule has 0 spiro atoms. The highest BCUT2D eigenvalue weighted by Crippen LogP contribution is 2.27. The molecule has 1 saturated heterocycles. The maximum atomic E-state index is 13.6. The number of ether oxygens (including phenoxy) is 2. The first-order chi connectivity index (χ1) is 12.0. The summed E-state index contributed by atoms with van der Waals surface area (Å²) in [6, 6.07) is 6.65. The molecule has 0 radical (unpaired) electrons. The maximum absolute atomic E-state index is 13.6. The van der Waals surface area contributed by atoms with E-state index in [0.717, 1.165) is 12.8 Å². The van der Waals surface area contributed by atoms with Crippen LogP contribution >= 0.6 is 0 Å². The minimum Gasteiger partial charge on any atom is -0.489 e. The summed E-state index contributed by atoms with van der Waals surface area (Å²) in [7, 11) is 1.59. The summed E-state index contributed by atoms with van der Waals surface area (Å²) in [6.45, 7) is 1.05. The van der Waals surface area contributed by atoms with E-state index in [-0.39, 0.29) is 22.9 Å². The van der Waals surface area contributed by atoms with Crippen molar-refractivity contribution in [3.8, 4) is 5.75 Å². The van der Waals surface area contributed by atoms with Gasteiger partial charge >= 0.3 is 0 Å². The molecule has 132 valence electrons. The lowest BCUT2D eigenvalue weighted by atomic mass is 10.2. The number of hydrogen-bond donors (Lipinski definition) is 1. The van der Waals surface area contributed by atoms with Crippen molar-refractivity contribution in [2.45, 2.75) is 18.9 Å². The monoisotopic (exact) mass is 346 g/mol. The number of carbonyl (C=O) groups is 1. The molecule has 1 aromatic carbocycles. The van der Waals surface area contributed by atoms with Crippen molar-refractivity contribution in [3.63, 3.8) is 0 Å². The van der Waals surface area contributed by atoms with Gasteiger partial charge in [0.15, 0.2) is 0 Å². The third-order valence-corrected chi connectivity index (χ3v) is 4.01. The van der Waals surface area contributed by atoms with E-state index in [2.05, 4.69) is 5.32 Å². The van der Waals surface area contributed by atoms with Crippen molar-refractivity contribution in [1.82, 2.24) is 4.57 Å². The SMILES string of the molecule is Cn1ccc(C(=O)Nc2cc(F)ccc2OC[C@@H]2CCCO2)cc1=O. The third-order valence-electron chi connectivity index (χ3n) is 4.01. The number of hydrogen-bond acceptors (Lipinski definition) is 4. The van der Waals surface area contributed by atoms with Gasteiger partial charge in [-0.25, -0.2) is 4.39 Å². The number of anilines is 1. The van der Waals surface area contributed by atoms with E-state index in [9.17, 15) is 14.0 Å². The molecule has 1 amide bonds. The Morgan fingerprint density at radius 3 is 2.96 bits per heavy atom. The number of aryl methyl sites for hydroxylation is 1. The first-order valence-electron chi connectivity index (χ1n) is 8.05. The zero-order chi connectivity index (χ0) is 17.8. The molecule has 1 fully saturated rings. The minimum atomic E-state index is -0.509. The van der Waals surface area contributed by atoms with Gasteiger partial charge in [0.1, 0.15) is 18.2 Å². The van der Waals surface area contributed by atoms with Crippen molar-refractivity contribution in [3.05, 3.63) is 58.3 Å². The molecule has 0 unspecified atom stereocenters. The average Bonchev–Trinajstić information content (AvgIpc) is 3.10. The van der Waals surface area contributed by atoms with E-state index >= 15 is 0 Å². The molecule has 0 bridgehead atoms. The number of aromatic nitrogens is 1. The smallest absolute Gasteiger partial charge is 0.256 e. The van der Waals surface area contributed by atoms with Gasteiger partial charge in [-0.15, -0.1) is 0 Å². The number of benzene rings is 1. The number of pyridine rings is 1. The minimum absolute atomic E-state index is 0.00532. The van der Waals surface area contributed by atoms with E-state index in [0.29, 0.717) is 19.0 Å². The van der Waals surface area contributed by atoms with Gasteiger partial charge in [0.05, 0.1) is 11.8 Å². The first kappa shape index (κ1) is 17.2. The standard InChI is InChI=1S/C18H19FN2O4/c1-21-7-6-12(9-17(21)22)18(23)20-15-10-13(19)4-5-16(15)25-11-14-3-2-8-24-14/h4-7,9-10,14H,2-3,8,11H2,1H3,(H,20,23)/t14-/m0/s1. The molecule has 2 aromatic rings. The molecule has 0 aliphatic carbocycles. The highest BCUT2D eigenvalue weighted by Gasteiger charge is 2.18. The lowest BCUT2D eigenvalue weighted by Crippen LogP contribution is -2.21. The van der Waals surface area contributed by atoms with Crippen molar-refractivity contribution in [2.24, 2.45) is 7.05 Å². The Morgan fingerprint density at radius 2 is 2.24 bits per heavy atom. The Labute approximate surface area is 144 Å². The van der Waals surface area contributed by atoms with Crippen LogP contribution in [0.2, 0.25) is 0 Å². The molecule has 1 aliphatic heterocycles. The Morgan fingerprint density at radius 1 is 1.40 bits per heavy atom. The van der Waals surface area contributed by atoms with E-state index < -0.39 is 11.7 Å². The lowest BCUT2D eigenvalue weighted by molar-refractivity contribution is 0.0681. The third kappa shape index (κ3) is 4.24. The van der Waals surface area contributed by atoms with Crippen LogP contribution in [0, 0.1) is 5.82 Å². The fourth-order valence-electron chi connectivity index (χ4n) is 2.57. The van der Waals surface area contributed by atoms with Crippen molar-refractivity contribution < 1.29 is 18.7 Å². The van der Waals surface area contributed by atoms with Crippen molar-refractivity contribution in [1.29, 1.82) is 0 Å². The molecule has 1 N–H and O–H groups in total. The second-order valence-electron chi connectivity index (χ2n) is 5.91. The van der Waals surface area contributed by atoms with Crippen LogP contribution in [-0.2, 0) is 11.8 Å². The number of rotatable bonds is 5. The maximum Gasteiger partial charge on any atom is 0.256 e. The molecular formula is C18H19FN2O4.